The number of ether oxygens (including phenoxy) is 2. The van der Waals surface area contributed by atoms with Crippen LogP contribution >= 0.6 is 0 Å². The number of hydrogen-bond acceptors (Lipinski definition) is 4. The van der Waals surface area contributed by atoms with Gasteiger partial charge in [0.2, 0.25) is 0 Å². The molecule has 2 aromatic carbocycles. The second-order valence-corrected chi connectivity index (χ2v) is 6.75. The van der Waals surface area contributed by atoms with E-state index >= 15 is 0 Å². The topological polar surface area (TPSA) is 52.6 Å². The highest BCUT2D eigenvalue weighted by Crippen LogP contribution is 2.38. The quantitative estimate of drug-likeness (QED) is 0.602. The number of esters is 1. The normalized spacial score (nSPS) is 18.2. The van der Waals surface area contributed by atoms with Crippen molar-refractivity contribution in [3.8, 4) is 5.75 Å². The molecule has 1 aliphatic carbocycles. The molecule has 4 nitrogen and oxygen atoms in total. The van der Waals surface area contributed by atoms with Crippen LogP contribution in [0, 0.1) is 5.92 Å². The number of ketones is 1. The van der Waals surface area contributed by atoms with Crippen LogP contribution in [0.2, 0.25) is 0 Å². The predicted molar refractivity (Wildman–Crippen MR) is 116 cm³/mol. The van der Waals surface area contributed by atoms with Crippen molar-refractivity contribution in [2.75, 3.05) is 7.11 Å². The lowest BCUT2D eigenvalue weighted by molar-refractivity contribution is -0.151. The van der Waals surface area contributed by atoms with Crippen LogP contribution in [-0.2, 0) is 20.9 Å². The summed E-state index contributed by atoms with van der Waals surface area (Å²) in [5.74, 6) is -0.0154. The Bertz CT molecular complexity index is 826. The summed E-state index contributed by atoms with van der Waals surface area (Å²) in [6.45, 7) is 8.11. The SMILES string of the molecule is C=Cc1c(OC)cccc1[C@H]1CC(C(=O)OCc2ccccc2)CCC1=O.CC. The minimum atomic E-state index is -0.337. The molecule has 1 saturated carbocycles. The number of rotatable bonds is 6. The number of hydrogen-bond donors (Lipinski definition) is 0. The molecule has 0 aliphatic heterocycles. The molecule has 2 atom stereocenters. The van der Waals surface area contributed by atoms with Gasteiger partial charge in [-0.15, -0.1) is 0 Å². The van der Waals surface area contributed by atoms with Gasteiger partial charge in [0.15, 0.2) is 0 Å². The monoisotopic (exact) mass is 394 g/mol. The lowest BCUT2D eigenvalue weighted by Gasteiger charge is -2.28. The first-order chi connectivity index (χ1) is 14.1. The molecule has 1 aliphatic rings. The third kappa shape index (κ3) is 5.57. The van der Waals surface area contributed by atoms with Gasteiger partial charge in [0.25, 0.3) is 0 Å². The van der Waals surface area contributed by atoms with Crippen molar-refractivity contribution >= 4 is 17.8 Å². The van der Waals surface area contributed by atoms with Crippen LogP contribution in [0.3, 0.4) is 0 Å². The fourth-order valence-corrected chi connectivity index (χ4v) is 3.65. The smallest absolute Gasteiger partial charge is 0.309 e. The standard InChI is InChI=1S/C23H24O4.C2H6/c1-3-18-19(10-7-11-22(18)26-2)20-14-17(12-13-21(20)24)23(25)27-15-16-8-5-4-6-9-16;1-2/h3-11,17,20H,1,12-15H2,2H3;1-2H3/t17?,20-;/m1./s1. The summed E-state index contributed by atoms with van der Waals surface area (Å²) in [6.07, 6.45) is 3.08. The van der Waals surface area contributed by atoms with E-state index in [1.165, 1.54) is 0 Å². The maximum absolute atomic E-state index is 12.6. The highest BCUT2D eigenvalue weighted by Gasteiger charge is 2.35. The van der Waals surface area contributed by atoms with Crippen molar-refractivity contribution in [1.82, 2.24) is 0 Å². The molecule has 0 N–H and O–H groups in total. The summed E-state index contributed by atoms with van der Waals surface area (Å²) in [7, 11) is 1.60. The molecule has 0 amide bonds. The minimum Gasteiger partial charge on any atom is -0.496 e. The van der Waals surface area contributed by atoms with Crippen molar-refractivity contribution < 1.29 is 19.1 Å². The van der Waals surface area contributed by atoms with Crippen molar-refractivity contribution in [3.05, 3.63) is 71.8 Å². The molecular formula is C25H30O4. The van der Waals surface area contributed by atoms with Crippen LogP contribution in [0.15, 0.2) is 55.1 Å². The summed E-state index contributed by atoms with van der Waals surface area (Å²) in [5, 5.41) is 0. The largest absolute Gasteiger partial charge is 0.496 e. The van der Waals surface area contributed by atoms with Gasteiger partial charge in [-0.05, 0) is 30.0 Å². The van der Waals surface area contributed by atoms with E-state index in [9.17, 15) is 9.59 Å². The van der Waals surface area contributed by atoms with Crippen LogP contribution in [0.1, 0.15) is 55.7 Å². The Hall–Kier alpha value is -2.88. The zero-order chi connectivity index (χ0) is 21.2. The highest BCUT2D eigenvalue weighted by atomic mass is 16.5. The number of benzene rings is 2. The van der Waals surface area contributed by atoms with Crippen LogP contribution in [0.4, 0.5) is 0 Å². The van der Waals surface area contributed by atoms with E-state index in [1.54, 1.807) is 13.2 Å². The predicted octanol–water partition coefficient (Wildman–Crippen LogP) is 5.56. The summed E-state index contributed by atoms with van der Waals surface area (Å²) < 4.78 is 10.9. The molecule has 1 fully saturated rings. The fourth-order valence-electron chi connectivity index (χ4n) is 3.65. The molecule has 0 heterocycles. The maximum Gasteiger partial charge on any atom is 0.309 e. The first-order valence-electron chi connectivity index (χ1n) is 10.2. The molecule has 1 unspecified atom stereocenters. The summed E-state index contributed by atoms with van der Waals surface area (Å²) >= 11 is 0. The summed E-state index contributed by atoms with van der Waals surface area (Å²) in [4.78, 5) is 25.1. The molecule has 3 rings (SSSR count). The van der Waals surface area contributed by atoms with Crippen LogP contribution in [0.25, 0.3) is 6.08 Å². The third-order valence-electron chi connectivity index (χ3n) is 5.10. The molecule has 4 heteroatoms. The van der Waals surface area contributed by atoms with Crippen molar-refractivity contribution in [2.45, 2.75) is 45.6 Å². The van der Waals surface area contributed by atoms with Crippen molar-refractivity contribution in [2.24, 2.45) is 5.92 Å². The van der Waals surface area contributed by atoms with Gasteiger partial charge in [0.1, 0.15) is 18.1 Å². The Morgan fingerprint density at radius 3 is 2.52 bits per heavy atom. The number of Topliss-reactive ketones (excluding diaryl/α,β-unsaturated/α-hetero) is 1. The van der Waals surface area contributed by atoms with E-state index in [2.05, 4.69) is 6.58 Å². The number of methoxy groups -OCH3 is 1. The molecule has 2 aromatic rings. The Morgan fingerprint density at radius 2 is 1.86 bits per heavy atom. The Kier molecular flexibility index (Phi) is 8.66. The second-order valence-electron chi connectivity index (χ2n) is 6.75. The van der Waals surface area contributed by atoms with Gasteiger partial charge >= 0.3 is 5.97 Å². The van der Waals surface area contributed by atoms with E-state index < -0.39 is 0 Å². The Labute approximate surface area is 173 Å². The van der Waals surface area contributed by atoms with E-state index in [0.717, 1.165) is 16.7 Å². The average molecular weight is 395 g/mol. The molecule has 0 bridgehead atoms. The molecule has 154 valence electrons. The molecule has 0 spiro atoms. The van der Waals surface area contributed by atoms with E-state index in [4.69, 9.17) is 9.47 Å². The van der Waals surface area contributed by atoms with Crippen molar-refractivity contribution in [3.63, 3.8) is 0 Å². The van der Waals surface area contributed by atoms with Crippen LogP contribution in [-0.4, -0.2) is 18.9 Å². The number of carbonyl (C=O) groups excluding carboxylic acids is 2. The van der Waals surface area contributed by atoms with Crippen LogP contribution < -0.4 is 4.74 Å². The van der Waals surface area contributed by atoms with Gasteiger partial charge in [-0.1, -0.05) is 69.0 Å². The third-order valence-corrected chi connectivity index (χ3v) is 5.10. The summed E-state index contributed by atoms with van der Waals surface area (Å²) in [6, 6.07) is 15.2. The average Bonchev–Trinajstić information content (AvgIpc) is 2.79. The maximum atomic E-state index is 12.6. The lowest BCUT2D eigenvalue weighted by Crippen LogP contribution is -2.29. The first kappa shape index (κ1) is 22.4. The molecular weight excluding hydrogens is 364 g/mol. The minimum absolute atomic E-state index is 0.151. The highest BCUT2D eigenvalue weighted by molar-refractivity contribution is 5.90. The van der Waals surface area contributed by atoms with Gasteiger partial charge in [-0.25, -0.2) is 0 Å². The fraction of sp³-hybridized carbons (Fsp3) is 0.360. The summed E-state index contributed by atoms with van der Waals surface area (Å²) in [5.41, 5.74) is 2.64. The van der Waals surface area contributed by atoms with Gasteiger partial charge in [0, 0.05) is 17.9 Å². The van der Waals surface area contributed by atoms with Gasteiger partial charge in [0.05, 0.1) is 13.0 Å². The van der Waals surface area contributed by atoms with Gasteiger partial charge in [-0.3, -0.25) is 9.59 Å². The molecule has 29 heavy (non-hydrogen) atoms. The zero-order valence-corrected chi connectivity index (χ0v) is 17.5. The Morgan fingerprint density at radius 1 is 1.14 bits per heavy atom. The van der Waals surface area contributed by atoms with E-state index in [0.29, 0.717) is 25.0 Å². The van der Waals surface area contributed by atoms with E-state index in [1.807, 2.05) is 62.4 Å². The van der Waals surface area contributed by atoms with Crippen LogP contribution in [0.5, 0.6) is 5.75 Å². The van der Waals surface area contributed by atoms with Crippen molar-refractivity contribution in [1.29, 1.82) is 0 Å². The van der Waals surface area contributed by atoms with Gasteiger partial charge in [-0.2, -0.15) is 0 Å². The molecule has 0 radical (unpaired) electrons. The molecule has 0 aromatic heterocycles. The second kappa shape index (κ2) is 11.2. The van der Waals surface area contributed by atoms with Gasteiger partial charge < -0.3 is 9.47 Å². The lowest BCUT2D eigenvalue weighted by atomic mass is 9.75. The molecule has 0 saturated heterocycles. The number of carbonyl (C=O) groups is 2. The zero-order valence-electron chi connectivity index (χ0n) is 17.5. The Balaban J connectivity index is 0.00000145. The van der Waals surface area contributed by atoms with E-state index in [-0.39, 0.29) is 30.2 Å². The first-order valence-corrected chi connectivity index (χ1v) is 10.2.